The second kappa shape index (κ2) is 5.04. The number of aliphatic hydroxyl groups is 1. The molecule has 0 saturated carbocycles. The van der Waals surface area contributed by atoms with Crippen molar-refractivity contribution in [1.29, 1.82) is 0 Å². The largest absolute Gasteiger partial charge is 0.378 e. The highest BCUT2D eigenvalue weighted by Gasteiger charge is 2.35. The van der Waals surface area contributed by atoms with Gasteiger partial charge < -0.3 is 20.2 Å². The summed E-state index contributed by atoms with van der Waals surface area (Å²) >= 11 is 0. The van der Waals surface area contributed by atoms with Crippen LogP contribution in [-0.2, 0) is 9.59 Å². The molecule has 2 amide bonds. The molecule has 0 bridgehead atoms. The maximum absolute atomic E-state index is 12.0. The first-order valence-electron chi connectivity index (χ1n) is 7.18. The normalized spacial score (nSPS) is 25.1. The molecule has 0 aromatic heterocycles. The number of carbonyl (C=O) groups is 2. The van der Waals surface area contributed by atoms with E-state index < -0.39 is 6.10 Å². The number of anilines is 2. The van der Waals surface area contributed by atoms with Crippen LogP contribution in [0.1, 0.15) is 25.0 Å². The lowest BCUT2D eigenvalue weighted by Gasteiger charge is -2.36. The summed E-state index contributed by atoms with van der Waals surface area (Å²) in [5.41, 5.74) is 2.25. The van der Waals surface area contributed by atoms with E-state index in [1.165, 1.54) is 4.90 Å². The van der Waals surface area contributed by atoms with E-state index >= 15 is 0 Å². The fraction of sp³-hybridized carbons (Fsp3) is 0.467. The van der Waals surface area contributed by atoms with E-state index in [1.807, 2.05) is 19.1 Å². The molecule has 1 aromatic rings. The molecule has 2 heterocycles. The van der Waals surface area contributed by atoms with Crippen molar-refractivity contribution in [2.24, 2.45) is 0 Å². The molecule has 2 aliphatic rings. The van der Waals surface area contributed by atoms with Crippen LogP contribution in [0.15, 0.2) is 18.2 Å². The SMILES string of the molecule is CCC1C(=O)NCCN1c1ccc2c(c1)N(C)C(=O)C2O. The van der Waals surface area contributed by atoms with E-state index in [9.17, 15) is 14.7 Å². The van der Waals surface area contributed by atoms with E-state index in [0.717, 1.165) is 18.7 Å². The van der Waals surface area contributed by atoms with Crippen molar-refractivity contribution in [3.8, 4) is 0 Å². The van der Waals surface area contributed by atoms with Crippen molar-refractivity contribution >= 4 is 23.2 Å². The number of fused-ring (bicyclic) bond motifs is 1. The summed E-state index contributed by atoms with van der Waals surface area (Å²) in [5.74, 6) is -0.278. The highest BCUT2D eigenvalue weighted by atomic mass is 16.3. The lowest BCUT2D eigenvalue weighted by atomic mass is 10.1. The average molecular weight is 289 g/mol. The maximum Gasteiger partial charge on any atom is 0.260 e. The molecule has 1 fully saturated rings. The molecule has 2 atom stereocenters. The van der Waals surface area contributed by atoms with Gasteiger partial charge in [0, 0.05) is 31.4 Å². The fourth-order valence-corrected chi connectivity index (χ4v) is 3.10. The lowest BCUT2D eigenvalue weighted by Crippen LogP contribution is -2.55. The van der Waals surface area contributed by atoms with Gasteiger partial charge in [0.2, 0.25) is 5.91 Å². The van der Waals surface area contributed by atoms with Crippen LogP contribution in [0.5, 0.6) is 0 Å². The van der Waals surface area contributed by atoms with Gasteiger partial charge in [0.1, 0.15) is 6.04 Å². The van der Waals surface area contributed by atoms with E-state index in [-0.39, 0.29) is 17.9 Å². The number of carbonyl (C=O) groups excluding carboxylic acids is 2. The fourth-order valence-electron chi connectivity index (χ4n) is 3.10. The third kappa shape index (κ3) is 2.06. The second-order valence-corrected chi connectivity index (χ2v) is 5.45. The van der Waals surface area contributed by atoms with Gasteiger partial charge in [-0.05, 0) is 18.6 Å². The quantitative estimate of drug-likeness (QED) is 0.827. The number of hydrogen-bond donors (Lipinski definition) is 2. The molecular weight excluding hydrogens is 270 g/mol. The van der Waals surface area contributed by atoms with Crippen molar-refractivity contribution in [2.75, 3.05) is 29.9 Å². The van der Waals surface area contributed by atoms with E-state index in [1.54, 1.807) is 13.1 Å². The Labute approximate surface area is 123 Å². The predicted molar refractivity (Wildman–Crippen MR) is 79.2 cm³/mol. The first-order valence-corrected chi connectivity index (χ1v) is 7.18. The highest BCUT2D eigenvalue weighted by molar-refractivity contribution is 6.04. The number of benzene rings is 1. The van der Waals surface area contributed by atoms with Crippen molar-refractivity contribution in [3.63, 3.8) is 0 Å². The Morgan fingerprint density at radius 3 is 2.86 bits per heavy atom. The molecule has 21 heavy (non-hydrogen) atoms. The Kier molecular flexibility index (Phi) is 3.33. The minimum atomic E-state index is -1.08. The zero-order chi connectivity index (χ0) is 15.1. The molecule has 1 saturated heterocycles. The van der Waals surface area contributed by atoms with Gasteiger partial charge in [-0.25, -0.2) is 0 Å². The summed E-state index contributed by atoms with van der Waals surface area (Å²) < 4.78 is 0. The Morgan fingerprint density at radius 2 is 2.14 bits per heavy atom. The molecule has 3 rings (SSSR count). The van der Waals surface area contributed by atoms with Gasteiger partial charge in [-0.1, -0.05) is 13.0 Å². The van der Waals surface area contributed by atoms with Gasteiger partial charge in [0.15, 0.2) is 6.10 Å². The Hall–Kier alpha value is -2.08. The van der Waals surface area contributed by atoms with Crippen LogP contribution in [0.4, 0.5) is 11.4 Å². The number of rotatable bonds is 2. The monoisotopic (exact) mass is 289 g/mol. The number of aliphatic hydroxyl groups excluding tert-OH is 1. The summed E-state index contributed by atoms with van der Waals surface area (Å²) in [6.07, 6.45) is -0.356. The number of likely N-dealkylation sites (N-methyl/N-ethyl adjacent to an activating group) is 1. The molecule has 2 N–H and O–H groups in total. The van der Waals surface area contributed by atoms with Gasteiger partial charge in [-0.15, -0.1) is 0 Å². The average Bonchev–Trinajstić information content (AvgIpc) is 2.71. The molecular formula is C15H19N3O3. The predicted octanol–water partition coefficient (Wildman–Crippen LogP) is 0.411. The van der Waals surface area contributed by atoms with Crippen molar-refractivity contribution in [3.05, 3.63) is 23.8 Å². The van der Waals surface area contributed by atoms with Gasteiger partial charge in [-0.3, -0.25) is 9.59 Å². The van der Waals surface area contributed by atoms with Crippen LogP contribution in [-0.4, -0.2) is 43.1 Å². The van der Waals surface area contributed by atoms with Crippen molar-refractivity contribution in [1.82, 2.24) is 5.32 Å². The minimum absolute atomic E-state index is 0.0358. The molecule has 0 spiro atoms. The Morgan fingerprint density at radius 1 is 1.38 bits per heavy atom. The standard InChI is InChI=1S/C15H19N3O3/c1-3-11-14(20)16-6-7-18(11)9-4-5-10-12(8-9)17(2)15(21)13(10)19/h4-5,8,11,13,19H,3,6-7H2,1-2H3,(H,16,20). The number of nitrogens with one attached hydrogen (secondary N) is 1. The third-order valence-electron chi connectivity index (χ3n) is 4.28. The van der Waals surface area contributed by atoms with Crippen molar-refractivity contribution in [2.45, 2.75) is 25.5 Å². The van der Waals surface area contributed by atoms with Gasteiger partial charge >= 0.3 is 0 Å². The minimum Gasteiger partial charge on any atom is -0.378 e. The molecule has 112 valence electrons. The third-order valence-corrected chi connectivity index (χ3v) is 4.28. The molecule has 1 aromatic carbocycles. The summed E-state index contributed by atoms with van der Waals surface area (Å²) in [7, 11) is 1.65. The molecule has 6 heteroatoms. The first kappa shape index (κ1) is 13.9. The molecule has 0 radical (unpaired) electrons. The van der Waals surface area contributed by atoms with Gasteiger partial charge in [0.25, 0.3) is 5.91 Å². The van der Waals surface area contributed by atoms with Crippen LogP contribution in [0.2, 0.25) is 0 Å². The number of amides is 2. The maximum atomic E-state index is 12.0. The summed E-state index contributed by atoms with van der Waals surface area (Å²) in [6, 6.07) is 5.33. The first-order chi connectivity index (χ1) is 10.0. The number of hydrogen-bond acceptors (Lipinski definition) is 4. The van der Waals surface area contributed by atoms with Gasteiger partial charge in [0.05, 0.1) is 5.69 Å². The van der Waals surface area contributed by atoms with E-state index in [2.05, 4.69) is 10.2 Å². The number of piperazine rings is 1. The molecule has 0 aliphatic carbocycles. The zero-order valence-electron chi connectivity index (χ0n) is 12.2. The van der Waals surface area contributed by atoms with Crippen LogP contribution >= 0.6 is 0 Å². The molecule has 2 aliphatic heterocycles. The summed E-state index contributed by atoms with van der Waals surface area (Å²) in [5, 5.41) is 12.8. The Balaban J connectivity index is 1.98. The Bertz CT molecular complexity index is 602. The van der Waals surface area contributed by atoms with Gasteiger partial charge in [-0.2, -0.15) is 0 Å². The molecule has 2 unspecified atom stereocenters. The van der Waals surface area contributed by atoms with Crippen LogP contribution in [0, 0.1) is 0 Å². The highest BCUT2D eigenvalue weighted by Crippen LogP contribution is 2.38. The second-order valence-electron chi connectivity index (χ2n) is 5.45. The number of nitrogens with zero attached hydrogens (tertiary/aromatic N) is 2. The van der Waals surface area contributed by atoms with Crippen molar-refractivity contribution < 1.29 is 14.7 Å². The smallest absolute Gasteiger partial charge is 0.260 e. The van der Waals surface area contributed by atoms with E-state index in [4.69, 9.17) is 0 Å². The zero-order valence-corrected chi connectivity index (χ0v) is 12.2. The van der Waals surface area contributed by atoms with E-state index in [0.29, 0.717) is 17.8 Å². The van der Waals surface area contributed by atoms with Crippen LogP contribution < -0.4 is 15.1 Å². The van der Waals surface area contributed by atoms with Crippen LogP contribution in [0.25, 0.3) is 0 Å². The van der Waals surface area contributed by atoms with Crippen LogP contribution in [0.3, 0.4) is 0 Å². The topological polar surface area (TPSA) is 72.9 Å². The molecule has 6 nitrogen and oxygen atoms in total. The summed E-state index contributed by atoms with van der Waals surface area (Å²) in [6.45, 7) is 3.34. The lowest BCUT2D eigenvalue weighted by molar-refractivity contribution is -0.125. The summed E-state index contributed by atoms with van der Waals surface area (Å²) in [4.78, 5) is 27.3.